The van der Waals surface area contributed by atoms with Crippen molar-refractivity contribution in [3.05, 3.63) is 24.3 Å². The fourth-order valence-corrected chi connectivity index (χ4v) is 2.04. The van der Waals surface area contributed by atoms with Gasteiger partial charge in [-0.15, -0.1) is 0 Å². The Morgan fingerprint density at radius 3 is 2.82 bits per heavy atom. The van der Waals surface area contributed by atoms with Crippen LogP contribution >= 0.6 is 11.8 Å². The van der Waals surface area contributed by atoms with E-state index in [1.807, 2.05) is 0 Å². The highest BCUT2D eigenvalue weighted by molar-refractivity contribution is 7.98. The van der Waals surface area contributed by atoms with Gasteiger partial charge in [0.1, 0.15) is 6.04 Å². The maximum Gasteiger partial charge on any atom is 0.327 e. The van der Waals surface area contributed by atoms with E-state index < -0.39 is 12.0 Å². The molecule has 1 rings (SSSR count). The van der Waals surface area contributed by atoms with Crippen LogP contribution in [0, 0.1) is 0 Å². The summed E-state index contributed by atoms with van der Waals surface area (Å²) in [5, 5.41) is 11.2. The maximum absolute atomic E-state index is 10.8. The van der Waals surface area contributed by atoms with Crippen LogP contribution in [0.3, 0.4) is 0 Å². The van der Waals surface area contributed by atoms with E-state index in [0.29, 0.717) is 11.5 Å². The third-order valence-corrected chi connectivity index (χ3v) is 2.90. The third kappa shape index (κ3) is 5.30. The van der Waals surface area contributed by atoms with Gasteiger partial charge in [-0.1, -0.05) is 0 Å². The van der Waals surface area contributed by atoms with Crippen LogP contribution in [0.5, 0.6) is 0 Å². The SMILES string of the molecule is CC(=O)NC(CSCc1cnccn1)C(=O)O. The Morgan fingerprint density at radius 2 is 2.29 bits per heavy atom. The van der Waals surface area contributed by atoms with Gasteiger partial charge in [-0.05, 0) is 0 Å². The molecule has 0 aliphatic rings. The lowest BCUT2D eigenvalue weighted by Gasteiger charge is -2.12. The largest absolute Gasteiger partial charge is 0.480 e. The zero-order chi connectivity index (χ0) is 12.7. The summed E-state index contributed by atoms with van der Waals surface area (Å²) in [4.78, 5) is 29.6. The third-order valence-electron chi connectivity index (χ3n) is 1.83. The number of hydrogen-bond donors (Lipinski definition) is 2. The summed E-state index contributed by atoms with van der Waals surface area (Å²) < 4.78 is 0. The second kappa shape index (κ2) is 6.85. The van der Waals surface area contributed by atoms with Crippen LogP contribution in [0.25, 0.3) is 0 Å². The van der Waals surface area contributed by atoms with Crippen LogP contribution < -0.4 is 5.32 Å². The number of rotatable bonds is 6. The van der Waals surface area contributed by atoms with Crippen molar-refractivity contribution < 1.29 is 14.7 Å². The first-order chi connectivity index (χ1) is 8.09. The predicted octanol–water partition coefficient (Wildman–Crippen LogP) is 0.299. The van der Waals surface area contributed by atoms with Crippen molar-refractivity contribution in [1.29, 1.82) is 0 Å². The number of amides is 1. The Labute approximate surface area is 103 Å². The van der Waals surface area contributed by atoms with Crippen molar-refractivity contribution in [3.63, 3.8) is 0 Å². The molecule has 1 heterocycles. The fourth-order valence-electron chi connectivity index (χ4n) is 1.11. The molecule has 0 fully saturated rings. The molecule has 0 saturated carbocycles. The van der Waals surface area contributed by atoms with E-state index in [1.54, 1.807) is 18.6 Å². The number of carbonyl (C=O) groups is 2. The molecule has 0 saturated heterocycles. The second-order valence-electron chi connectivity index (χ2n) is 3.30. The summed E-state index contributed by atoms with van der Waals surface area (Å²) in [5.74, 6) is -0.521. The Balaban J connectivity index is 2.37. The predicted molar refractivity (Wildman–Crippen MR) is 63.4 cm³/mol. The number of nitrogens with zero attached hydrogens (tertiary/aromatic N) is 2. The van der Waals surface area contributed by atoms with Gasteiger partial charge in [0, 0.05) is 37.0 Å². The standard InChI is InChI=1S/C10H13N3O3S/c1-7(14)13-9(10(15)16)6-17-5-8-4-11-2-3-12-8/h2-4,9H,5-6H2,1H3,(H,13,14)(H,15,16). The molecule has 92 valence electrons. The van der Waals surface area contributed by atoms with Crippen LogP contribution in [-0.4, -0.2) is 38.7 Å². The Kier molecular flexibility index (Phi) is 5.41. The molecule has 0 aliphatic carbocycles. The molecule has 2 N–H and O–H groups in total. The lowest BCUT2D eigenvalue weighted by molar-refractivity contribution is -0.140. The fraction of sp³-hybridized carbons (Fsp3) is 0.400. The Bertz CT molecular complexity index is 386. The van der Waals surface area contributed by atoms with E-state index in [0.717, 1.165) is 5.69 Å². The van der Waals surface area contributed by atoms with E-state index in [4.69, 9.17) is 5.11 Å². The van der Waals surface area contributed by atoms with E-state index in [9.17, 15) is 9.59 Å². The minimum Gasteiger partial charge on any atom is -0.480 e. The van der Waals surface area contributed by atoms with Crippen molar-refractivity contribution in [2.45, 2.75) is 18.7 Å². The summed E-state index contributed by atoms with van der Waals surface area (Å²) >= 11 is 1.39. The van der Waals surface area contributed by atoms with Gasteiger partial charge < -0.3 is 10.4 Å². The molecule has 1 atom stereocenters. The molecule has 0 radical (unpaired) electrons. The number of carbonyl (C=O) groups excluding carboxylic acids is 1. The lowest BCUT2D eigenvalue weighted by atomic mass is 10.3. The number of hydrogen-bond acceptors (Lipinski definition) is 5. The molecule has 0 aromatic carbocycles. The zero-order valence-electron chi connectivity index (χ0n) is 9.29. The zero-order valence-corrected chi connectivity index (χ0v) is 10.1. The highest BCUT2D eigenvalue weighted by Gasteiger charge is 2.17. The van der Waals surface area contributed by atoms with Crippen LogP contribution in [0.2, 0.25) is 0 Å². The highest BCUT2D eigenvalue weighted by atomic mass is 32.2. The second-order valence-corrected chi connectivity index (χ2v) is 4.33. The first kappa shape index (κ1) is 13.4. The molecule has 0 spiro atoms. The minimum atomic E-state index is -1.04. The molecule has 7 heteroatoms. The van der Waals surface area contributed by atoms with Crippen molar-refractivity contribution in [1.82, 2.24) is 15.3 Å². The van der Waals surface area contributed by atoms with Gasteiger partial charge in [0.25, 0.3) is 0 Å². The molecule has 0 bridgehead atoms. The molecule has 1 unspecified atom stereocenters. The molecule has 0 aliphatic heterocycles. The van der Waals surface area contributed by atoms with Crippen LogP contribution in [-0.2, 0) is 15.3 Å². The maximum atomic E-state index is 10.8. The molecule has 1 aromatic rings. The average molecular weight is 255 g/mol. The van der Waals surface area contributed by atoms with Gasteiger partial charge in [-0.3, -0.25) is 14.8 Å². The molecule has 17 heavy (non-hydrogen) atoms. The van der Waals surface area contributed by atoms with Crippen molar-refractivity contribution >= 4 is 23.6 Å². The van der Waals surface area contributed by atoms with Crippen molar-refractivity contribution in [3.8, 4) is 0 Å². The minimum absolute atomic E-state index is 0.297. The molecule has 1 amide bonds. The smallest absolute Gasteiger partial charge is 0.327 e. The summed E-state index contributed by atoms with van der Waals surface area (Å²) in [5.41, 5.74) is 0.782. The molecular weight excluding hydrogens is 242 g/mol. The van der Waals surface area contributed by atoms with Gasteiger partial charge >= 0.3 is 5.97 Å². The normalized spacial score (nSPS) is 11.8. The number of carboxylic acids is 1. The van der Waals surface area contributed by atoms with Crippen molar-refractivity contribution in [2.75, 3.05) is 5.75 Å². The van der Waals surface area contributed by atoms with E-state index >= 15 is 0 Å². The molecular formula is C10H13N3O3S. The lowest BCUT2D eigenvalue weighted by Crippen LogP contribution is -2.41. The summed E-state index contributed by atoms with van der Waals surface area (Å²) in [6.45, 7) is 1.29. The average Bonchev–Trinajstić information content (AvgIpc) is 2.28. The Hall–Kier alpha value is -1.63. The van der Waals surface area contributed by atoms with Gasteiger partial charge in [-0.25, -0.2) is 4.79 Å². The number of nitrogens with one attached hydrogen (secondary N) is 1. The first-order valence-corrected chi connectivity index (χ1v) is 6.07. The van der Waals surface area contributed by atoms with Gasteiger partial charge in [0.15, 0.2) is 0 Å². The van der Waals surface area contributed by atoms with Gasteiger partial charge in [0.2, 0.25) is 5.91 Å². The van der Waals surface area contributed by atoms with Crippen LogP contribution in [0.4, 0.5) is 0 Å². The van der Waals surface area contributed by atoms with Crippen LogP contribution in [0.1, 0.15) is 12.6 Å². The first-order valence-electron chi connectivity index (χ1n) is 4.92. The number of aliphatic carboxylic acids is 1. The van der Waals surface area contributed by atoms with E-state index in [1.165, 1.54) is 18.7 Å². The summed E-state index contributed by atoms with van der Waals surface area (Å²) in [6, 6.07) is -0.867. The number of thioether (sulfide) groups is 1. The summed E-state index contributed by atoms with van der Waals surface area (Å²) in [7, 11) is 0. The topological polar surface area (TPSA) is 92.2 Å². The monoisotopic (exact) mass is 255 g/mol. The van der Waals surface area contributed by atoms with Crippen molar-refractivity contribution in [2.24, 2.45) is 0 Å². The number of carboxylic acid groups (broad SMARTS) is 1. The van der Waals surface area contributed by atoms with E-state index in [2.05, 4.69) is 15.3 Å². The molecule has 1 aromatic heterocycles. The summed E-state index contributed by atoms with van der Waals surface area (Å²) in [6.07, 6.45) is 4.78. The highest BCUT2D eigenvalue weighted by Crippen LogP contribution is 2.10. The van der Waals surface area contributed by atoms with Crippen LogP contribution in [0.15, 0.2) is 18.6 Å². The Morgan fingerprint density at radius 1 is 1.53 bits per heavy atom. The van der Waals surface area contributed by atoms with Gasteiger partial charge in [-0.2, -0.15) is 11.8 Å². The quantitative estimate of drug-likeness (QED) is 0.759. The number of aromatic nitrogens is 2. The van der Waals surface area contributed by atoms with Gasteiger partial charge in [0.05, 0.1) is 5.69 Å². The van der Waals surface area contributed by atoms with E-state index in [-0.39, 0.29) is 5.91 Å². The molecule has 6 nitrogen and oxygen atoms in total.